The second-order valence-corrected chi connectivity index (χ2v) is 16.6. The molecule has 0 radical (unpaired) electrons. The van der Waals surface area contributed by atoms with Crippen molar-refractivity contribution in [2.75, 3.05) is 31.3 Å². The molecule has 2 aliphatic heterocycles. The number of hydrogen-bond donors (Lipinski definition) is 5. The van der Waals surface area contributed by atoms with Gasteiger partial charge in [0, 0.05) is 11.8 Å². The molecule has 2 fully saturated rings. The summed E-state index contributed by atoms with van der Waals surface area (Å²) in [7, 11) is 0. The molecule has 250 valence electrons. The average molecular weight is 721 g/mol. The molecule has 46 heavy (non-hydrogen) atoms. The van der Waals surface area contributed by atoms with Crippen molar-refractivity contribution in [3.05, 3.63) is 25.3 Å². The summed E-state index contributed by atoms with van der Waals surface area (Å²) in [5.41, 5.74) is 13.2. The van der Waals surface area contributed by atoms with Crippen molar-refractivity contribution < 1.29 is 41.8 Å². The number of aromatic nitrogens is 8. The molecule has 10 atom stereocenters. The molecule has 23 heteroatoms. The Labute approximate surface area is 270 Å². The highest BCUT2D eigenvalue weighted by Gasteiger charge is 2.48. The summed E-state index contributed by atoms with van der Waals surface area (Å²) in [6, 6.07) is 0. The largest absolute Gasteiger partial charge is 0.383 e. The average Bonchev–Trinajstić information content (AvgIpc) is 3.75. The normalized spacial score (nSPS) is 31.0. The molecular formula is C23H31FN10O8P2S2. The Morgan fingerprint density at radius 2 is 1.39 bits per heavy atom. The predicted molar refractivity (Wildman–Crippen MR) is 167 cm³/mol. The third-order valence-electron chi connectivity index (χ3n) is 8.21. The van der Waals surface area contributed by atoms with Crippen LogP contribution in [0.25, 0.3) is 22.3 Å². The predicted octanol–water partition coefficient (Wildman–Crippen LogP) is 2.15. The summed E-state index contributed by atoms with van der Waals surface area (Å²) in [5.74, 6) is -0.860. The Bertz CT molecular complexity index is 1830. The van der Waals surface area contributed by atoms with E-state index in [-0.39, 0.29) is 41.2 Å². The van der Waals surface area contributed by atoms with Gasteiger partial charge in [0.2, 0.25) is 0 Å². The van der Waals surface area contributed by atoms with E-state index in [4.69, 9.17) is 46.3 Å². The number of fused-ring (bicyclic) bond motifs is 2. The van der Waals surface area contributed by atoms with Gasteiger partial charge in [0.25, 0.3) is 0 Å². The van der Waals surface area contributed by atoms with Crippen molar-refractivity contribution in [2.45, 2.75) is 44.7 Å². The van der Waals surface area contributed by atoms with Crippen LogP contribution >= 0.6 is 25.8 Å². The van der Waals surface area contributed by atoms with Crippen LogP contribution in [0.15, 0.2) is 25.3 Å². The molecule has 0 aromatic carbocycles. The number of halogens is 1. The zero-order valence-electron chi connectivity index (χ0n) is 24.3. The van der Waals surface area contributed by atoms with Crippen LogP contribution in [-0.4, -0.2) is 87.0 Å². The Balaban J connectivity index is 1.12. The van der Waals surface area contributed by atoms with E-state index in [9.17, 15) is 14.4 Å². The molecule has 4 aromatic heterocycles. The number of ether oxygens (including phenoxy) is 2. The Kier molecular flexibility index (Phi) is 9.38. The summed E-state index contributed by atoms with van der Waals surface area (Å²) in [6.45, 7) is -5.33. The van der Waals surface area contributed by atoms with Crippen molar-refractivity contribution >= 4 is 71.5 Å². The first kappa shape index (κ1) is 33.5. The fourth-order valence-electron chi connectivity index (χ4n) is 5.56. The van der Waals surface area contributed by atoms with Gasteiger partial charge in [-0.05, 0) is 17.7 Å². The SMILES string of the molecule is C[C@@H]1[C@H](C)[C@@H](COP(O)(=S)OC[C@H]2[C@@H](F)[C@H](n3cnc4c(N)ncnc43)O[C@@H]2COP(=O)(O)S)O[C@H]1n1cnc2c(N)ncnc21. The second kappa shape index (κ2) is 12.9. The molecular weight excluding hydrogens is 689 g/mol. The van der Waals surface area contributed by atoms with Gasteiger partial charge in [-0.1, -0.05) is 26.1 Å². The number of hydrogen-bond acceptors (Lipinski definition) is 15. The van der Waals surface area contributed by atoms with E-state index >= 15 is 4.39 Å². The number of nitrogens with zero attached hydrogens (tertiary/aromatic N) is 8. The highest BCUT2D eigenvalue weighted by molar-refractivity contribution is 8.44. The van der Waals surface area contributed by atoms with Crippen molar-refractivity contribution in [1.29, 1.82) is 0 Å². The van der Waals surface area contributed by atoms with Gasteiger partial charge in [0.1, 0.15) is 29.9 Å². The van der Waals surface area contributed by atoms with E-state index in [2.05, 4.69) is 42.2 Å². The minimum Gasteiger partial charge on any atom is -0.382 e. The zero-order chi connectivity index (χ0) is 33.0. The number of rotatable bonds is 11. The first-order chi connectivity index (χ1) is 21.7. The molecule has 18 nitrogen and oxygen atoms in total. The minimum atomic E-state index is -4.24. The zero-order valence-corrected chi connectivity index (χ0v) is 27.8. The molecule has 4 aromatic rings. The van der Waals surface area contributed by atoms with Gasteiger partial charge in [0.15, 0.2) is 35.3 Å². The van der Waals surface area contributed by atoms with Crippen LogP contribution in [0.2, 0.25) is 0 Å². The van der Waals surface area contributed by atoms with E-state index in [1.807, 2.05) is 13.8 Å². The summed E-state index contributed by atoms with van der Waals surface area (Å²) < 4.78 is 59.1. The summed E-state index contributed by atoms with van der Waals surface area (Å²) in [4.78, 5) is 45.1. The lowest BCUT2D eigenvalue weighted by Gasteiger charge is -2.24. The van der Waals surface area contributed by atoms with Crippen LogP contribution in [-0.2, 0) is 39.4 Å². The number of imidazole rings is 2. The van der Waals surface area contributed by atoms with Crippen LogP contribution in [0.5, 0.6) is 0 Å². The molecule has 0 saturated carbocycles. The number of nitrogen functional groups attached to an aromatic ring is 2. The quantitative estimate of drug-likeness (QED) is 0.110. The molecule has 6 N–H and O–H groups in total. The number of nitrogens with two attached hydrogens (primary N) is 2. The summed E-state index contributed by atoms with van der Waals surface area (Å²) >= 11 is 8.75. The van der Waals surface area contributed by atoms with E-state index in [1.165, 1.54) is 23.5 Å². The molecule has 6 rings (SSSR count). The van der Waals surface area contributed by atoms with Crippen LogP contribution in [0.4, 0.5) is 16.0 Å². The molecule has 0 bridgehead atoms. The molecule has 2 unspecified atom stereocenters. The monoisotopic (exact) mass is 720 g/mol. The standard InChI is InChI=1S/C23H31FN10O8P2S2/c1-10-11(2)22(33-8-31-16-18(25)27-6-29-20(16)33)41-13(10)4-40-44(37,46)39-3-12-14(5-38-43(35,36)45)42-23(15(12)24)34-9-32-17-19(26)28-7-30-21(17)34/h6-15,22-23H,3-5H2,1-2H3,(H,37,46)(H2,25,27,29)(H2,26,28,30)(H2,35,36,45)/t10-,11+,12+,13+,14+,15+,22+,23+,44?/m0/s1. The van der Waals surface area contributed by atoms with Crippen molar-refractivity contribution in [3.63, 3.8) is 0 Å². The second-order valence-electron chi connectivity index (χ2n) is 11.0. The molecule has 0 amide bonds. The van der Waals surface area contributed by atoms with Crippen LogP contribution < -0.4 is 11.5 Å². The maximum atomic E-state index is 16.0. The fourth-order valence-corrected chi connectivity index (χ4v) is 7.23. The van der Waals surface area contributed by atoms with Gasteiger partial charge in [-0.15, -0.1) is 0 Å². The summed E-state index contributed by atoms with van der Waals surface area (Å²) in [5, 5.41) is 0. The molecule has 6 heterocycles. The lowest BCUT2D eigenvalue weighted by atomic mass is 9.93. The van der Waals surface area contributed by atoms with E-state index in [1.54, 1.807) is 10.9 Å². The Morgan fingerprint density at radius 1 is 0.870 bits per heavy atom. The molecule has 0 aliphatic carbocycles. The van der Waals surface area contributed by atoms with Gasteiger partial charge >= 0.3 is 13.5 Å². The van der Waals surface area contributed by atoms with Gasteiger partial charge in [-0.2, -0.15) is 0 Å². The maximum absolute atomic E-state index is 16.0. The van der Waals surface area contributed by atoms with Crippen molar-refractivity contribution in [3.8, 4) is 0 Å². The van der Waals surface area contributed by atoms with E-state index in [0.717, 1.165) is 0 Å². The minimum absolute atomic E-state index is 0.0190. The molecule has 2 aliphatic rings. The lowest BCUT2D eigenvalue weighted by molar-refractivity contribution is -0.0380. The summed E-state index contributed by atoms with van der Waals surface area (Å²) in [6.07, 6.45) is 0.224. The topological polar surface area (TPSA) is 243 Å². The molecule has 2 saturated heterocycles. The first-order valence-corrected chi connectivity index (χ1v) is 19.2. The van der Waals surface area contributed by atoms with E-state index < -0.39 is 63.5 Å². The first-order valence-electron chi connectivity index (χ1n) is 13.9. The lowest BCUT2D eigenvalue weighted by Crippen LogP contribution is -2.30. The van der Waals surface area contributed by atoms with E-state index in [0.29, 0.717) is 11.2 Å². The highest BCUT2D eigenvalue weighted by Crippen LogP contribution is 2.51. The Morgan fingerprint density at radius 3 is 1.98 bits per heavy atom. The van der Waals surface area contributed by atoms with Crippen molar-refractivity contribution in [1.82, 2.24) is 39.0 Å². The number of anilines is 2. The van der Waals surface area contributed by atoms with Crippen LogP contribution in [0.3, 0.4) is 0 Å². The van der Waals surface area contributed by atoms with Gasteiger partial charge in [0.05, 0.1) is 44.7 Å². The van der Waals surface area contributed by atoms with Crippen molar-refractivity contribution in [2.24, 2.45) is 17.8 Å². The highest BCUT2D eigenvalue weighted by atomic mass is 32.7. The van der Waals surface area contributed by atoms with Gasteiger partial charge in [-0.25, -0.2) is 38.9 Å². The number of alkyl halides is 1. The van der Waals surface area contributed by atoms with Gasteiger partial charge in [-0.3, -0.25) is 13.7 Å². The smallest absolute Gasteiger partial charge is 0.382 e. The fraction of sp³-hybridized carbons (Fsp3) is 0.565. The van der Waals surface area contributed by atoms with Crippen LogP contribution in [0.1, 0.15) is 26.3 Å². The number of thiol groups is 1. The van der Waals surface area contributed by atoms with Gasteiger partial charge < -0.3 is 39.8 Å². The Hall–Kier alpha value is -2.42. The maximum Gasteiger partial charge on any atom is 0.383 e. The third kappa shape index (κ3) is 6.64. The third-order valence-corrected chi connectivity index (χ3v) is 10.6. The van der Waals surface area contributed by atoms with Crippen LogP contribution in [0, 0.1) is 17.8 Å². The molecule has 0 spiro atoms.